The SMILES string of the molecule is CNCCc1ccc(Br)o1. The highest BCUT2D eigenvalue weighted by molar-refractivity contribution is 9.10. The molecule has 1 rings (SSSR count). The Hall–Kier alpha value is -0.280. The number of halogens is 1. The van der Waals surface area contributed by atoms with Gasteiger partial charge in [0.2, 0.25) is 0 Å². The van der Waals surface area contributed by atoms with Gasteiger partial charge >= 0.3 is 0 Å². The van der Waals surface area contributed by atoms with Crippen LogP contribution in [-0.2, 0) is 6.42 Å². The molecule has 0 saturated heterocycles. The Morgan fingerprint density at radius 3 is 2.90 bits per heavy atom. The summed E-state index contributed by atoms with van der Waals surface area (Å²) in [5.74, 6) is 1.02. The minimum atomic E-state index is 0.804. The molecule has 10 heavy (non-hydrogen) atoms. The van der Waals surface area contributed by atoms with Crippen LogP contribution in [0.3, 0.4) is 0 Å². The molecule has 0 amide bonds. The van der Waals surface area contributed by atoms with Crippen molar-refractivity contribution in [1.82, 2.24) is 5.32 Å². The molecule has 0 aromatic carbocycles. The van der Waals surface area contributed by atoms with E-state index in [0.29, 0.717) is 0 Å². The van der Waals surface area contributed by atoms with E-state index in [2.05, 4.69) is 21.2 Å². The lowest BCUT2D eigenvalue weighted by atomic mass is 10.3. The van der Waals surface area contributed by atoms with Crippen LogP contribution in [-0.4, -0.2) is 13.6 Å². The van der Waals surface area contributed by atoms with Crippen molar-refractivity contribution in [3.8, 4) is 0 Å². The molecular formula is C7H10BrNO. The molecule has 3 heteroatoms. The van der Waals surface area contributed by atoms with Gasteiger partial charge in [-0.05, 0) is 35.1 Å². The molecule has 56 valence electrons. The second kappa shape index (κ2) is 3.78. The Bertz CT molecular complexity index is 197. The summed E-state index contributed by atoms with van der Waals surface area (Å²) in [6.07, 6.45) is 0.947. The fourth-order valence-electron chi connectivity index (χ4n) is 0.734. The van der Waals surface area contributed by atoms with Gasteiger partial charge in [0.05, 0.1) is 0 Å². The quantitative estimate of drug-likeness (QED) is 0.812. The average molecular weight is 204 g/mol. The monoisotopic (exact) mass is 203 g/mol. The second-order valence-corrected chi connectivity index (χ2v) is 2.84. The van der Waals surface area contributed by atoms with E-state index in [9.17, 15) is 0 Å². The third-order valence-corrected chi connectivity index (χ3v) is 1.68. The van der Waals surface area contributed by atoms with Crippen LogP contribution in [0.15, 0.2) is 21.2 Å². The molecule has 0 fully saturated rings. The first kappa shape index (κ1) is 7.82. The van der Waals surface area contributed by atoms with E-state index in [1.807, 2.05) is 19.2 Å². The third-order valence-electron chi connectivity index (χ3n) is 1.25. The average Bonchev–Trinajstić information content (AvgIpc) is 2.31. The predicted molar refractivity (Wildman–Crippen MR) is 44.0 cm³/mol. The number of furan rings is 1. The number of rotatable bonds is 3. The van der Waals surface area contributed by atoms with Crippen molar-refractivity contribution in [2.75, 3.05) is 13.6 Å². The van der Waals surface area contributed by atoms with Crippen LogP contribution < -0.4 is 5.32 Å². The summed E-state index contributed by atoms with van der Waals surface area (Å²) in [7, 11) is 1.93. The first-order chi connectivity index (χ1) is 4.83. The minimum absolute atomic E-state index is 0.804. The van der Waals surface area contributed by atoms with E-state index in [1.54, 1.807) is 0 Å². The maximum Gasteiger partial charge on any atom is 0.169 e. The van der Waals surface area contributed by atoms with Crippen molar-refractivity contribution in [3.05, 3.63) is 22.6 Å². The van der Waals surface area contributed by atoms with Crippen LogP contribution in [0.4, 0.5) is 0 Å². The number of likely N-dealkylation sites (N-methyl/N-ethyl adjacent to an activating group) is 1. The Kier molecular flexibility index (Phi) is 2.96. The summed E-state index contributed by atoms with van der Waals surface area (Å²) < 4.78 is 6.07. The lowest BCUT2D eigenvalue weighted by molar-refractivity contribution is 0.484. The van der Waals surface area contributed by atoms with E-state index < -0.39 is 0 Å². The molecule has 0 bridgehead atoms. The van der Waals surface area contributed by atoms with Crippen molar-refractivity contribution in [1.29, 1.82) is 0 Å². The van der Waals surface area contributed by atoms with Crippen LogP contribution in [0.25, 0.3) is 0 Å². The summed E-state index contributed by atoms with van der Waals surface area (Å²) >= 11 is 3.24. The molecule has 0 radical (unpaired) electrons. The van der Waals surface area contributed by atoms with Crippen molar-refractivity contribution in [2.45, 2.75) is 6.42 Å². The highest BCUT2D eigenvalue weighted by atomic mass is 79.9. The molecule has 0 atom stereocenters. The number of hydrogen-bond donors (Lipinski definition) is 1. The Morgan fingerprint density at radius 1 is 1.60 bits per heavy atom. The van der Waals surface area contributed by atoms with Gasteiger partial charge in [0, 0.05) is 13.0 Å². The van der Waals surface area contributed by atoms with E-state index in [-0.39, 0.29) is 0 Å². The summed E-state index contributed by atoms with van der Waals surface area (Å²) in [4.78, 5) is 0. The van der Waals surface area contributed by atoms with Gasteiger partial charge in [0.25, 0.3) is 0 Å². The Labute approximate surface area is 68.7 Å². The molecule has 1 N–H and O–H groups in total. The summed E-state index contributed by atoms with van der Waals surface area (Å²) in [5.41, 5.74) is 0. The topological polar surface area (TPSA) is 25.2 Å². The van der Waals surface area contributed by atoms with Crippen LogP contribution in [0.1, 0.15) is 5.76 Å². The van der Waals surface area contributed by atoms with E-state index >= 15 is 0 Å². The molecule has 1 aromatic rings. The number of nitrogens with one attached hydrogen (secondary N) is 1. The maximum atomic E-state index is 5.26. The highest BCUT2D eigenvalue weighted by Crippen LogP contribution is 2.13. The van der Waals surface area contributed by atoms with Crippen molar-refractivity contribution < 1.29 is 4.42 Å². The first-order valence-corrected chi connectivity index (χ1v) is 4.01. The molecule has 0 aliphatic carbocycles. The molecule has 1 aromatic heterocycles. The van der Waals surface area contributed by atoms with Crippen LogP contribution in [0.2, 0.25) is 0 Å². The molecule has 0 spiro atoms. The van der Waals surface area contributed by atoms with Gasteiger partial charge in [-0.15, -0.1) is 0 Å². The molecule has 0 aliphatic heterocycles. The smallest absolute Gasteiger partial charge is 0.169 e. The van der Waals surface area contributed by atoms with Crippen molar-refractivity contribution >= 4 is 15.9 Å². The van der Waals surface area contributed by atoms with E-state index in [1.165, 1.54) is 0 Å². The van der Waals surface area contributed by atoms with Gasteiger partial charge in [-0.3, -0.25) is 0 Å². The standard InChI is InChI=1S/C7H10BrNO/c1-9-5-4-6-2-3-7(8)10-6/h2-3,9H,4-5H2,1H3. The maximum absolute atomic E-state index is 5.26. The van der Waals surface area contributed by atoms with Crippen LogP contribution in [0.5, 0.6) is 0 Å². The Balaban J connectivity index is 2.42. The van der Waals surface area contributed by atoms with Crippen molar-refractivity contribution in [3.63, 3.8) is 0 Å². The van der Waals surface area contributed by atoms with Gasteiger partial charge in [0.15, 0.2) is 4.67 Å². The zero-order valence-electron chi connectivity index (χ0n) is 5.86. The molecular weight excluding hydrogens is 194 g/mol. The van der Waals surface area contributed by atoms with Crippen LogP contribution >= 0.6 is 15.9 Å². The van der Waals surface area contributed by atoms with Gasteiger partial charge in [0.1, 0.15) is 5.76 Å². The molecule has 0 unspecified atom stereocenters. The minimum Gasteiger partial charge on any atom is -0.454 e. The van der Waals surface area contributed by atoms with E-state index in [0.717, 1.165) is 23.4 Å². The lowest BCUT2D eigenvalue weighted by Crippen LogP contribution is -2.09. The normalized spacial score (nSPS) is 10.2. The zero-order chi connectivity index (χ0) is 7.40. The summed E-state index contributed by atoms with van der Waals surface area (Å²) in [5, 5.41) is 3.05. The second-order valence-electron chi connectivity index (χ2n) is 2.06. The van der Waals surface area contributed by atoms with Crippen LogP contribution in [0, 0.1) is 0 Å². The predicted octanol–water partition coefficient (Wildman–Crippen LogP) is 1.80. The Morgan fingerprint density at radius 2 is 2.40 bits per heavy atom. The van der Waals surface area contributed by atoms with Gasteiger partial charge in [-0.2, -0.15) is 0 Å². The number of hydrogen-bond acceptors (Lipinski definition) is 2. The largest absolute Gasteiger partial charge is 0.454 e. The first-order valence-electron chi connectivity index (χ1n) is 3.22. The fourth-order valence-corrected chi connectivity index (χ4v) is 1.07. The fraction of sp³-hybridized carbons (Fsp3) is 0.429. The molecule has 0 saturated carbocycles. The van der Waals surface area contributed by atoms with E-state index in [4.69, 9.17) is 4.42 Å². The van der Waals surface area contributed by atoms with Gasteiger partial charge in [-0.25, -0.2) is 0 Å². The van der Waals surface area contributed by atoms with Crippen molar-refractivity contribution in [2.24, 2.45) is 0 Å². The molecule has 2 nitrogen and oxygen atoms in total. The molecule has 0 aliphatic rings. The van der Waals surface area contributed by atoms with Gasteiger partial charge in [-0.1, -0.05) is 0 Å². The third kappa shape index (κ3) is 2.15. The highest BCUT2D eigenvalue weighted by Gasteiger charge is 1.96. The summed E-state index contributed by atoms with van der Waals surface area (Å²) in [6.45, 7) is 0.958. The van der Waals surface area contributed by atoms with Gasteiger partial charge < -0.3 is 9.73 Å². The summed E-state index contributed by atoms with van der Waals surface area (Å²) in [6, 6.07) is 3.88. The lowest BCUT2D eigenvalue weighted by Gasteiger charge is -1.93. The molecule has 1 heterocycles. The zero-order valence-corrected chi connectivity index (χ0v) is 7.44.